The number of halogens is 6. The van der Waals surface area contributed by atoms with Gasteiger partial charge >= 0.3 is 18.4 Å². The second kappa shape index (κ2) is 8.68. The summed E-state index contributed by atoms with van der Waals surface area (Å²) in [6.07, 6.45) is -11.6. The molecule has 2 fully saturated rings. The lowest BCUT2D eigenvalue weighted by molar-refractivity contribution is -0.308. The third-order valence-corrected chi connectivity index (χ3v) is 5.19. The van der Waals surface area contributed by atoms with Gasteiger partial charge < -0.3 is 15.0 Å². The summed E-state index contributed by atoms with van der Waals surface area (Å²) in [5.41, 5.74) is 0.168. The molecule has 0 aromatic rings. The number of hydrogen-bond acceptors (Lipinski definition) is 4. The molecule has 168 valence electrons. The van der Waals surface area contributed by atoms with Crippen LogP contribution < -0.4 is 5.32 Å². The van der Waals surface area contributed by atoms with Crippen LogP contribution in [-0.4, -0.2) is 55.2 Å². The first-order chi connectivity index (χ1) is 13.8. The van der Waals surface area contributed by atoms with E-state index in [0.717, 1.165) is 4.90 Å². The monoisotopic (exact) mass is 441 g/mol. The van der Waals surface area contributed by atoms with Crippen molar-refractivity contribution in [2.24, 2.45) is 16.3 Å². The Kier molecular flexibility index (Phi) is 6.87. The number of amides is 2. The first-order valence-electron chi connectivity index (χ1n) is 8.99. The van der Waals surface area contributed by atoms with Gasteiger partial charge in [-0.2, -0.15) is 26.3 Å². The molecule has 0 radical (unpaired) electrons. The standard InChI is InChI=1S/C18H21F6N3O3/c1-11(4-3-7-25-2)26-13(28)12-10-16(12)5-8-27(9-6-16)15(29)30-14(17(19,20)21)18(22,23)24/h3-4,7,12,14H,2,5-6,8-10H2,1H3,(H,26,28)/b7-3-,11-4+. The van der Waals surface area contributed by atoms with E-state index in [4.69, 9.17) is 0 Å². The highest BCUT2D eigenvalue weighted by Crippen LogP contribution is 2.59. The molecule has 1 aliphatic heterocycles. The number of carbonyl (C=O) groups is 2. The van der Waals surface area contributed by atoms with E-state index >= 15 is 0 Å². The van der Waals surface area contributed by atoms with Crippen LogP contribution in [0.15, 0.2) is 29.0 Å². The van der Waals surface area contributed by atoms with E-state index in [1.54, 1.807) is 19.1 Å². The third-order valence-electron chi connectivity index (χ3n) is 5.19. The van der Waals surface area contributed by atoms with E-state index in [1.165, 1.54) is 6.20 Å². The van der Waals surface area contributed by atoms with Gasteiger partial charge in [-0.05, 0) is 50.5 Å². The number of alkyl halides is 6. The summed E-state index contributed by atoms with van der Waals surface area (Å²) >= 11 is 0. The highest BCUT2D eigenvalue weighted by molar-refractivity contribution is 5.84. The molecule has 1 saturated heterocycles. The molecule has 1 saturated carbocycles. The van der Waals surface area contributed by atoms with Crippen molar-refractivity contribution in [3.63, 3.8) is 0 Å². The Labute approximate surface area is 168 Å². The fraction of sp³-hybridized carbons (Fsp3) is 0.611. The van der Waals surface area contributed by atoms with E-state index in [9.17, 15) is 35.9 Å². The van der Waals surface area contributed by atoms with E-state index in [2.05, 4.69) is 21.8 Å². The van der Waals surface area contributed by atoms with Gasteiger partial charge in [-0.25, -0.2) is 4.79 Å². The number of hydrogen-bond donors (Lipinski definition) is 1. The van der Waals surface area contributed by atoms with Crippen LogP contribution in [0.4, 0.5) is 31.1 Å². The Hall–Kier alpha value is -2.53. The zero-order valence-electron chi connectivity index (χ0n) is 16.0. The molecule has 1 heterocycles. The minimum absolute atomic E-state index is 0.0897. The van der Waals surface area contributed by atoms with Crippen LogP contribution in [0.5, 0.6) is 0 Å². The van der Waals surface area contributed by atoms with Crippen molar-refractivity contribution in [3.8, 4) is 0 Å². The molecule has 0 aromatic heterocycles. The third kappa shape index (κ3) is 5.76. The minimum atomic E-state index is -5.76. The van der Waals surface area contributed by atoms with Crippen LogP contribution in [0, 0.1) is 11.3 Å². The predicted molar refractivity (Wildman–Crippen MR) is 94.3 cm³/mol. The van der Waals surface area contributed by atoms with Gasteiger partial charge in [0, 0.05) is 30.9 Å². The molecule has 1 spiro atoms. The molecule has 1 N–H and O–H groups in total. The molecular formula is C18H21F6N3O3. The van der Waals surface area contributed by atoms with E-state index in [0.29, 0.717) is 12.1 Å². The van der Waals surface area contributed by atoms with Crippen molar-refractivity contribution in [1.29, 1.82) is 0 Å². The maximum Gasteiger partial charge on any atom is 0.434 e. The number of aliphatic imine (C=N–C) groups is 1. The SMILES string of the molecule is C=N/C=C\C=C(/C)NC(=O)C1CC12CCN(C(=O)OC(C(F)(F)F)C(F)(F)F)CC2. The lowest BCUT2D eigenvalue weighted by atomic mass is 9.91. The van der Waals surface area contributed by atoms with Crippen molar-refractivity contribution in [3.05, 3.63) is 24.0 Å². The Morgan fingerprint density at radius 1 is 1.20 bits per heavy atom. The average molecular weight is 441 g/mol. The van der Waals surface area contributed by atoms with E-state index < -0.39 is 30.0 Å². The Morgan fingerprint density at radius 3 is 2.27 bits per heavy atom. The summed E-state index contributed by atoms with van der Waals surface area (Å²) in [4.78, 5) is 28.5. The molecule has 2 amide bonds. The van der Waals surface area contributed by atoms with Gasteiger partial charge in [0.1, 0.15) is 0 Å². The molecule has 2 rings (SSSR count). The smallest absolute Gasteiger partial charge is 0.426 e. The minimum Gasteiger partial charge on any atom is -0.426 e. The maximum atomic E-state index is 12.5. The molecule has 1 atom stereocenters. The van der Waals surface area contributed by atoms with Crippen molar-refractivity contribution in [1.82, 2.24) is 10.2 Å². The average Bonchev–Trinajstić information content (AvgIpc) is 3.32. The number of nitrogens with one attached hydrogen (secondary N) is 1. The van der Waals surface area contributed by atoms with Gasteiger partial charge in [0.05, 0.1) is 0 Å². The normalized spacial score (nSPS) is 21.8. The van der Waals surface area contributed by atoms with Crippen molar-refractivity contribution >= 4 is 18.7 Å². The summed E-state index contributed by atoms with van der Waals surface area (Å²) in [5.74, 6) is -0.562. The van der Waals surface area contributed by atoms with Gasteiger partial charge in [-0.1, -0.05) is 0 Å². The van der Waals surface area contributed by atoms with Gasteiger partial charge in [0.25, 0.3) is 6.10 Å². The summed E-state index contributed by atoms with van der Waals surface area (Å²) in [6, 6.07) is 0. The summed E-state index contributed by atoms with van der Waals surface area (Å²) < 4.78 is 79.0. The number of piperidine rings is 1. The molecule has 0 aromatic carbocycles. The number of carbonyl (C=O) groups excluding carboxylic acids is 2. The number of likely N-dealkylation sites (tertiary alicyclic amines) is 1. The van der Waals surface area contributed by atoms with Crippen LogP contribution in [0.25, 0.3) is 0 Å². The number of nitrogens with zero attached hydrogens (tertiary/aromatic N) is 2. The highest BCUT2D eigenvalue weighted by Gasteiger charge is 2.61. The van der Waals surface area contributed by atoms with Gasteiger partial charge in [-0.3, -0.25) is 9.79 Å². The Morgan fingerprint density at radius 2 is 1.77 bits per heavy atom. The first-order valence-corrected chi connectivity index (χ1v) is 8.99. The fourth-order valence-electron chi connectivity index (χ4n) is 3.47. The van der Waals surface area contributed by atoms with E-state index in [-0.39, 0.29) is 37.8 Å². The van der Waals surface area contributed by atoms with Gasteiger partial charge in [0.2, 0.25) is 5.91 Å². The predicted octanol–water partition coefficient (Wildman–Crippen LogP) is 3.95. The highest BCUT2D eigenvalue weighted by atomic mass is 19.4. The van der Waals surface area contributed by atoms with Crippen LogP contribution in [0.3, 0.4) is 0 Å². The van der Waals surface area contributed by atoms with Crippen LogP contribution in [-0.2, 0) is 9.53 Å². The molecular weight excluding hydrogens is 420 g/mol. The molecule has 2 aliphatic rings. The Bertz CT molecular complexity index is 722. The van der Waals surface area contributed by atoms with Gasteiger partial charge in [0.15, 0.2) is 0 Å². The zero-order valence-corrected chi connectivity index (χ0v) is 16.0. The molecule has 6 nitrogen and oxygen atoms in total. The molecule has 0 bridgehead atoms. The quantitative estimate of drug-likeness (QED) is 0.399. The van der Waals surface area contributed by atoms with Crippen LogP contribution in [0.2, 0.25) is 0 Å². The van der Waals surface area contributed by atoms with Crippen molar-refractivity contribution in [2.45, 2.75) is 44.6 Å². The second-order valence-electron chi connectivity index (χ2n) is 7.32. The van der Waals surface area contributed by atoms with Gasteiger partial charge in [-0.15, -0.1) is 0 Å². The second-order valence-corrected chi connectivity index (χ2v) is 7.32. The number of allylic oxidation sites excluding steroid dienone is 3. The lowest BCUT2D eigenvalue weighted by Crippen LogP contribution is -2.49. The fourth-order valence-corrected chi connectivity index (χ4v) is 3.47. The molecule has 1 unspecified atom stereocenters. The van der Waals surface area contributed by atoms with Crippen molar-refractivity contribution < 1.29 is 40.7 Å². The molecule has 1 aliphatic carbocycles. The van der Waals surface area contributed by atoms with Crippen LogP contribution >= 0.6 is 0 Å². The number of rotatable bonds is 5. The van der Waals surface area contributed by atoms with Crippen LogP contribution in [0.1, 0.15) is 26.2 Å². The topological polar surface area (TPSA) is 71.0 Å². The van der Waals surface area contributed by atoms with Crippen molar-refractivity contribution in [2.75, 3.05) is 13.1 Å². The zero-order chi connectivity index (χ0) is 22.7. The maximum absolute atomic E-state index is 12.5. The number of ether oxygens (including phenoxy) is 1. The lowest BCUT2D eigenvalue weighted by Gasteiger charge is -2.33. The first kappa shape index (κ1) is 23.7. The van der Waals surface area contributed by atoms with E-state index in [1.807, 2.05) is 0 Å². The molecule has 12 heteroatoms. The summed E-state index contributed by atoms with van der Waals surface area (Å²) in [5, 5.41) is 2.72. The summed E-state index contributed by atoms with van der Waals surface area (Å²) in [7, 11) is 0. The molecule has 30 heavy (non-hydrogen) atoms. The summed E-state index contributed by atoms with van der Waals surface area (Å²) in [6.45, 7) is 4.77. The largest absolute Gasteiger partial charge is 0.434 e. The Balaban J connectivity index is 1.89.